The summed E-state index contributed by atoms with van der Waals surface area (Å²) >= 11 is 0. The zero-order valence-electron chi connectivity index (χ0n) is 8.59. The van der Waals surface area contributed by atoms with Gasteiger partial charge in [0.1, 0.15) is 0 Å². The number of nitrogens with two attached hydrogens (primary N) is 1. The molecule has 0 amide bonds. The van der Waals surface area contributed by atoms with Gasteiger partial charge in [0.15, 0.2) is 0 Å². The lowest BCUT2D eigenvalue weighted by Gasteiger charge is -2.43. The van der Waals surface area contributed by atoms with E-state index in [0.717, 1.165) is 25.4 Å². The normalized spacial score (nSPS) is 40.6. The van der Waals surface area contributed by atoms with Gasteiger partial charge in [-0.25, -0.2) is 0 Å². The van der Waals surface area contributed by atoms with E-state index in [9.17, 15) is 0 Å². The maximum atomic E-state index is 6.15. The van der Waals surface area contributed by atoms with Crippen LogP contribution in [-0.2, 0) is 4.74 Å². The maximum absolute atomic E-state index is 6.15. The Balaban J connectivity index is 1.67. The molecule has 76 valence electrons. The molecule has 2 aliphatic rings. The van der Waals surface area contributed by atoms with Crippen molar-refractivity contribution in [1.29, 1.82) is 0 Å². The monoisotopic (exact) mass is 183 g/mol. The first kappa shape index (κ1) is 9.47. The molecule has 0 bridgehead atoms. The first-order valence-corrected chi connectivity index (χ1v) is 5.58. The van der Waals surface area contributed by atoms with E-state index < -0.39 is 0 Å². The molecule has 0 aromatic heterocycles. The van der Waals surface area contributed by atoms with Crippen LogP contribution in [0.4, 0.5) is 0 Å². The highest BCUT2D eigenvalue weighted by molar-refractivity contribution is 4.96. The van der Waals surface area contributed by atoms with Crippen molar-refractivity contribution < 1.29 is 4.74 Å². The van der Waals surface area contributed by atoms with Crippen molar-refractivity contribution >= 4 is 0 Å². The Hall–Kier alpha value is -0.0800. The number of rotatable bonds is 3. The lowest BCUT2D eigenvalue weighted by atomic mass is 9.70. The summed E-state index contributed by atoms with van der Waals surface area (Å²) in [6, 6.07) is 0. The minimum Gasteiger partial charge on any atom is -0.376 e. The second kappa shape index (κ2) is 3.58. The first-order valence-electron chi connectivity index (χ1n) is 5.58. The van der Waals surface area contributed by atoms with Crippen molar-refractivity contribution in [2.75, 3.05) is 6.61 Å². The number of hydrogen-bond acceptors (Lipinski definition) is 2. The van der Waals surface area contributed by atoms with Gasteiger partial charge < -0.3 is 10.5 Å². The molecule has 0 radical (unpaired) electrons. The van der Waals surface area contributed by atoms with Crippen LogP contribution in [0.5, 0.6) is 0 Å². The minimum absolute atomic E-state index is 0.0298. The molecule has 2 saturated carbocycles. The van der Waals surface area contributed by atoms with E-state index in [1.54, 1.807) is 0 Å². The quantitative estimate of drug-likeness (QED) is 0.727. The van der Waals surface area contributed by atoms with Crippen molar-refractivity contribution in [3.8, 4) is 0 Å². The van der Waals surface area contributed by atoms with Gasteiger partial charge in [-0.2, -0.15) is 0 Å². The number of hydrogen-bond donors (Lipinski definition) is 1. The molecule has 0 aliphatic heterocycles. The SMILES string of the molecule is CC1CC(N)(COC2CCCC2)C1. The third-order valence-electron chi connectivity index (χ3n) is 3.42. The van der Waals surface area contributed by atoms with E-state index in [1.165, 1.54) is 25.7 Å². The molecule has 2 heteroatoms. The molecule has 13 heavy (non-hydrogen) atoms. The van der Waals surface area contributed by atoms with E-state index >= 15 is 0 Å². The van der Waals surface area contributed by atoms with Gasteiger partial charge in [-0.15, -0.1) is 0 Å². The molecule has 0 unspecified atom stereocenters. The highest BCUT2D eigenvalue weighted by Crippen LogP contribution is 2.36. The molecule has 0 atom stereocenters. The summed E-state index contributed by atoms with van der Waals surface area (Å²) in [6.07, 6.45) is 8.03. The van der Waals surface area contributed by atoms with Gasteiger partial charge in [0, 0.05) is 5.54 Å². The standard InChI is InChI=1S/C11H21NO/c1-9-6-11(12,7-9)8-13-10-4-2-3-5-10/h9-10H,2-8,12H2,1H3. The predicted octanol–water partition coefficient (Wildman–Crippen LogP) is 2.07. The summed E-state index contributed by atoms with van der Waals surface area (Å²) in [5.74, 6) is 0.817. The van der Waals surface area contributed by atoms with E-state index in [4.69, 9.17) is 10.5 Å². The van der Waals surface area contributed by atoms with Gasteiger partial charge in [0.2, 0.25) is 0 Å². The zero-order valence-corrected chi connectivity index (χ0v) is 8.59. The average molecular weight is 183 g/mol. The Morgan fingerprint density at radius 3 is 2.46 bits per heavy atom. The molecule has 0 spiro atoms. The molecule has 0 aromatic rings. The van der Waals surface area contributed by atoms with Crippen LogP contribution >= 0.6 is 0 Å². The summed E-state index contributed by atoms with van der Waals surface area (Å²) < 4.78 is 5.83. The summed E-state index contributed by atoms with van der Waals surface area (Å²) in [6.45, 7) is 3.06. The predicted molar refractivity (Wildman–Crippen MR) is 53.5 cm³/mol. The zero-order chi connectivity index (χ0) is 9.31. The second-order valence-electron chi connectivity index (χ2n) is 5.09. The van der Waals surface area contributed by atoms with Crippen LogP contribution in [-0.4, -0.2) is 18.2 Å². The Bertz CT molecular complexity index is 169. The third kappa shape index (κ3) is 2.23. The summed E-state index contributed by atoms with van der Waals surface area (Å²) in [7, 11) is 0. The van der Waals surface area contributed by atoms with E-state index in [-0.39, 0.29) is 5.54 Å². The van der Waals surface area contributed by atoms with Crippen LogP contribution in [0.2, 0.25) is 0 Å². The fourth-order valence-corrected chi connectivity index (χ4v) is 2.78. The molecule has 0 heterocycles. The van der Waals surface area contributed by atoms with E-state index in [0.29, 0.717) is 6.10 Å². The Morgan fingerprint density at radius 1 is 1.31 bits per heavy atom. The van der Waals surface area contributed by atoms with Crippen LogP contribution in [0.1, 0.15) is 45.4 Å². The van der Waals surface area contributed by atoms with Crippen molar-refractivity contribution in [3.63, 3.8) is 0 Å². The summed E-state index contributed by atoms with van der Waals surface area (Å²) in [4.78, 5) is 0. The molecule has 2 N–H and O–H groups in total. The molecule has 2 fully saturated rings. The van der Waals surface area contributed by atoms with Gasteiger partial charge in [0.25, 0.3) is 0 Å². The lowest BCUT2D eigenvalue weighted by Crippen LogP contribution is -2.55. The van der Waals surface area contributed by atoms with Gasteiger partial charge in [-0.3, -0.25) is 0 Å². The minimum atomic E-state index is 0.0298. The molecule has 0 aromatic carbocycles. The fraction of sp³-hybridized carbons (Fsp3) is 1.00. The van der Waals surface area contributed by atoms with Gasteiger partial charge >= 0.3 is 0 Å². The lowest BCUT2D eigenvalue weighted by molar-refractivity contribution is -0.0150. The fourth-order valence-electron chi connectivity index (χ4n) is 2.78. The maximum Gasteiger partial charge on any atom is 0.0650 e. The summed E-state index contributed by atoms with van der Waals surface area (Å²) in [5, 5.41) is 0. The van der Waals surface area contributed by atoms with Gasteiger partial charge in [0.05, 0.1) is 12.7 Å². The Morgan fingerprint density at radius 2 is 1.92 bits per heavy atom. The first-order chi connectivity index (χ1) is 6.18. The highest BCUT2D eigenvalue weighted by Gasteiger charge is 2.39. The smallest absolute Gasteiger partial charge is 0.0650 e. The molecular formula is C11H21NO. The van der Waals surface area contributed by atoms with Crippen molar-refractivity contribution in [3.05, 3.63) is 0 Å². The molecule has 2 rings (SSSR count). The van der Waals surface area contributed by atoms with Crippen LogP contribution in [0, 0.1) is 5.92 Å². The Kier molecular flexibility index (Phi) is 2.61. The molecule has 2 aliphatic carbocycles. The van der Waals surface area contributed by atoms with Crippen molar-refractivity contribution in [1.82, 2.24) is 0 Å². The average Bonchev–Trinajstić information content (AvgIpc) is 2.50. The van der Waals surface area contributed by atoms with Crippen LogP contribution < -0.4 is 5.73 Å². The molecular weight excluding hydrogens is 162 g/mol. The topological polar surface area (TPSA) is 35.2 Å². The molecule has 2 nitrogen and oxygen atoms in total. The second-order valence-corrected chi connectivity index (χ2v) is 5.09. The number of ether oxygens (including phenoxy) is 1. The third-order valence-corrected chi connectivity index (χ3v) is 3.42. The van der Waals surface area contributed by atoms with Crippen molar-refractivity contribution in [2.24, 2.45) is 11.7 Å². The largest absolute Gasteiger partial charge is 0.376 e. The van der Waals surface area contributed by atoms with E-state index in [2.05, 4.69) is 6.92 Å². The summed E-state index contributed by atoms with van der Waals surface area (Å²) in [5.41, 5.74) is 6.18. The van der Waals surface area contributed by atoms with Crippen LogP contribution in [0.15, 0.2) is 0 Å². The van der Waals surface area contributed by atoms with Crippen LogP contribution in [0.3, 0.4) is 0 Å². The Labute approximate surface area is 80.8 Å². The van der Waals surface area contributed by atoms with Gasteiger partial charge in [-0.1, -0.05) is 19.8 Å². The van der Waals surface area contributed by atoms with Crippen molar-refractivity contribution in [2.45, 2.75) is 57.1 Å². The molecule has 0 saturated heterocycles. The van der Waals surface area contributed by atoms with Gasteiger partial charge in [-0.05, 0) is 31.6 Å². The van der Waals surface area contributed by atoms with E-state index in [1.807, 2.05) is 0 Å². The highest BCUT2D eigenvalue weighted by atomic mass is 16.5. The van der Waals surface area contributed by atoms with Crippen LogP contribution in [0.25, 0.3) is 0 Å².